The second-order valence-electron chi connectivity index (χ2n) is 13.2. The number of anilines is 1. The summed E-state index contributed by atoms with van der Waals surface area (Å²) in [5, 5.41) is 2.47. The molecule has 0 bridgehead atoms. The number of hydrogen-bond acceptors (Lipinski definition) is 3. The topological polar surface area (TPSA) is 29.2 Å². The fourth-order valence-corrected chi connectivity index (χ4v) is 7.85. The van der Waals surface area contributed by atoms with Gasteiger partial charge in [-0.3, -0.25) is 0 Å². The lowest BCUT2D eigenvalue weighted by Gasteiger charge is -2.19. The van der Waals surface area contributed by atoms with E-state index in [0.717, 1.165) is 41.2 Å². The number of imidazole rings is 1. The molecule has 3 heterocycles. The molecule has 1 aliphatic heterocycles. The number of benzene rings is 6. The highest BCUT2D eigenvalue weighted by Gasteiger charge is 2.21. The minimum atomic E-state index is 0.833. The van der Waals surface area contributed by atoms with Gasteiger partial charge < -0.3 is 18.9 Å². The van der Waals surface area contributed by atoms with E-state index in [1.54, 1.807) is 0 Å². The van der Waals surface area contributed by atoms with Gasteiger partial charge in [-0.05, 0) is 82.3 Å². The van der Waals surface area contributed by atoms with Crippen LogP contribution in [0.25, 0.3) is 72.2 Å². The van der Waals surface area contributed by atoms with Crippen LogP contribution in [0.4, 0.5) is 5.69 Å². The minimum Gasteiger partial charge on any atom is -0.361 e. The number of nitrogens with zero attached hydrogens (tertiary/aromatic N) is 5. The van der Waals surface area contributed by atoms with E-state index < -0.39 is 0 Å². The Hall–Kier alpha value is -6.07. The molecule has 0 spiro atoms. The average molecular weight is 620 g/mol. The first-order valence-corrected chi connectivity index (χ1v) is 16.6. The molecule has 230 valence electrons. The summed E-state index contributed by atoms with van der Waals surface area (Å²) < 4.78 is 4.64. The molecule has 6 aromatic carbocycles. The van der Waals surface area contributed by atoms with Gasteiger partial charge in [-0.1, -0.05) is 84.9 Å². The first-order chi connectivity index (χ1) is 23.6. The summed E-state index contributed by atoms with van der Waals surface area (Å²) in [5.41, 5.74) is 15.9. The standard InChI is InChI=1S/C43H33N5/c1-45-20-21-47(27-45)33-9-7-10-34(26-33)48-41-24-29(28-14-17-36-32(22-28)23-30-8-3-4-11-35(30)36)15-18-37(41)38-19-16-31(25-42(38)48)43-44-39-12-5-6-13-40(39)46(43)2/h3-22,24-26H,23,27H2,1-2H3. The van der Waals surface area contributed by atoms with E-state index >= 15 is 0 Å². The zero-order chi connectivity index (χ0) is 31.9. The van der Waals surface area contributed by atoms with Crippen LogP contribution in [0.3, 0.4) is 0 Å². The molecule has 0 saturated heterocycles. The molecule has 10 rings (SSSR count). The number of para-hydroxylation sites is 2. The Kier molecular flexibility index (Phi) is 5.76. The van der Waals surface area contributed by atoms with E-state index in [9.17, 15) is 0 Å². The van der Waals surface area contributed by atoms with Crippen LogP contribution in [0.2, 0.25) is 0 Å². The molecule has 0 atom stereocenters. The number of aromatic nitrogens is 3. The van der Waals surface area contributed by atoms with Crippen LogP contribution in [-0.4, -0.2) is 32.7 Å². The molecule has 8 aromatic rings. The quantitative estimate of drug-likeness (QED) is 0.196. The molecule has 2 aromatic heterocycles. The maximum atomic E-state index is 5.05. The zero-order valence-electron chi connectivity index (χ0n) is 26.9. The van der Waals surface area contributed by atoms with Gasteiger partial charge in [-0.15, -0.1) is 0 Å². The summed E-state index contributed by atoms with van der Waals surface area (Å²) in [6.45, 7) is 0.833. The lowest BCUT2D eigenvalue weighted by atomic mass is 9.98. The lowest BCUT2D eigenvalue weighted by molar-refractivity contribution is 0.496. The molecular formula is C43H33N5. The summed E-state index contributed by atoms with van der Waals surface area (Å²) in [4.78, 5) is 9.53. The Morgan fingerprint density at radius 1 is 0.542 bits per heavy atom. The largest absolute Gasteiger partial charge is 0.361 e. The normalized spacial score (nSPS) is 13.7. The van der Waals surface area contributed by atoms with Crippen LogP contribution >= 0.6 is 0 Å². The van der Waals surface area contributed by atoms with Crippen molar-refractivity contribution < 1.29 is 0 Å². The van der Waals surface area contributed by atoms with E-state index in [1.807, 2.05) is 0 Å². The van der Waals surface area contributed by atoms with Crippen LogP contribution in [-0.2, 0) is 13.5 Å². The second kappa shape index (κ2) is 10.2. The highest BCUT2D eigenvalue weighted by Crippen LogP contribution is 2.41. The van der Waals surface area contributed by atoms with Crippen LogP contribution in [0.15, 0.2) is 140 Å². The molecule has 0 amide bonds. The number of aryl methyl sites for hydroxylation is 1. The Labute approximate surface area is 279 Å². The molecule has 0 saturated carbocycles. The van der Waals surface area contributed by atoms with E-state index in [1.165, 1.54) is 60.9 Å². The molecule has 0 fully saturated rings. The van der Waals surface area contributed by atoms with Crippen LogP contribution in [0.1, 0.15) is 11.1 Å². The van der Waals surface area contributed by atoms with Crippen molar-refractivity contribution in [2.24, 2.45) is 7.05 Å². The van der Waals surface area contributed by atoms with E-state index in [-0.39, 0.29) is 0 Å². The van der Waals surface area contributed by atoms with Crippen LogP contribution < -0.4 is 4.90 Å². The van der Waals surface area contributed by atoms with Gasteiger partial charge in [0, 0.05) is 54.2 Å². The molecule has 5 heteroatoms. The summed E-state index contributed by atoms with van der Waals surface area (Å²) in [5.74, 6) is 0.966. The van der Waals surface area contributed by atoms with Gasteiger partial charge in [-0.25, -0.2) is 4.98 Å². The highest BCUT2D eigenvalue weighted by atomic mass is 15.3. The zero-order valence-corrected chi connectivity index (χ0v) is 26.9. The van der Waals surface area contributed by atoms with Crippen molar-refractivity contribution in [1.29, 1.82) is 0 Å². The maximum absolute atomic E-state index is 5.05. The molecule has 48 heavy (non-hydrogen) atoms. The Bertz CT molecular complexity index is 2620. The predicted octanol–water partition coefficient (Wildman–Crippen LogP) is 9.76. The molecule has 1 aliphatic carbocycles. The first-order valence-electron chi connectivity index (χ1n) is 16.6. The summed E-state index contributed by atoms with van der Waals surface area (Å²) in [6.07, 6.45) is 5.26. The van der Waals surface area contributed by atoms with Gasteiger partial charge in [0.25, 0.3) is 0 Å². The summed E-state index contributed by atoms with van der Waals surface area (Å²) in [7, 11) is 4.21. The smallest absolute Gasteiger partial charge is 0.140 e. The SMILES string of the molecule is CN1C=CN(c2cccc(-n3c4cc(-c5ccc6c(c5)Cc5ccccc5-6)ccc4c4ccc(-c5nc6ccccc6n5C)cc43)c2)C1. The molecule has 0 unspecified atom stereocenters. The van der Waals surface area contributed by atoms with Crippen molar-refractivity contribution in [1.82, 2.24) is 19.0 Å². The van der Waals surface area contributed by atoms with Crippen LogP contribution in [0.5, 0.6) is 0 Å². The van der Waals surface area contributed by atoms with Gasteiger partial charge in [0.2, 0.25) is 0 Å². The van der Waals surface area contributed by atoms with Gasteiger partial charge in [0.1, 0.15) is 5.82 Å². The van der Waals surface area contributed by atoms with Gasteiger partial charge in [-0.2, -0.15) is 0 Å². The third-order valence-electron chi connectivity index (χ3n) is 10.2. The van der Waals surface area contributed by atoms with Gasteiger partial charge in [0.05, 0.1) is 28.7 Å². The molecule has 0 N–H and O–H groups in total. The minimum absolute atomic E-state index is 0.833. The van der Waals surface area contributed by atoms with Crippen molar-refractivity contribution in [2.45, 2.75) is 6.42 Å². The van der Waals surface area contributed by atoms with Crippen molar-refractivity contribution in [2.75, 3.05) is 18.6 Å². The number of fused-ring (bicyclic) bond motifs is 7. The third-order valence-corrected chi connectivity index (χ3v) is 10.2. The fraction of sp³-hybridized carbons (Fsp3) is 0.0930. The fourth-order valence-electron chi connectivity index (χ4n) is 7.85. The molecule has 2 aliphatic rings. The van der Waals surface area contributed by atoms with E-state index in [0.29, 0.717) is 0 Å². The molecular weight excluding hydrogens is 587 g/mol. The second-order valence-corrected chi connectivity index (χ2v) is 13.2. The van der Waals surface area contributed by atoms with Crippen molar-refractivity contribution >= 4 is 38.5 Å². The highest BCUT2D eigenvalue weighted by molar-refractivity contribution is 6.11. The van der Waals surface area contributed by atoms with Crippen molar-refractivity contribution in [3.8, 4) is 39.3 Å². The first kappa shape index (κ1) is 27.1. The third kappa shape index (κ3) is 4.07. The van der Waals surface area contributed by atoms with Crippen LogP contribution in [0, 0.1) is 0 Å². The summed E-state index contributed by atoms with van der Waals surface area (Å²) >= 11 is 0. The van der Waals surface area contributed by atoms with Gasteiger partial charge >= 0.3 is 0 Å². The summed E-state index contributed by atoms with van der Waals surface area (Å²) in [6, 6.07) is 46.8. The average Bonchev–Trinajstić information content (AvgIpc) is 3.89. The Morgan fingerprint density at radius 2 is 1.25 bits per heavy atom. The molecule has 5 nitrogen and oxygen atoms in total. The van der Waals surface area contributed by atoms with E-state index in [4.69, 9.17) is 4.98 Å². The Balaban J connectivity index is 1.18. The number of hydrogen-bond donors (Lipinski definition) is 0. The van der Waals surface area contributed by atoms with Gasteiger partial charge in [0.15, 0.2) is 0 Å². The number of rotatable bonds is 4. The molecule has 0 radical (unpaired) electrons. The monoisotopic (exact) mass is 619 g/mol. The Morgan fingerprint density at radius 3 is 2.08 bits per heavy atom. The van der Waals surface area contributed by atoms with Crippen molar-refractivity contribution in [3.63, 3.8) is 0 Å². The van der Waals surface area contributed by atoms with E-state index in [2.05, 4.69) is 173 Å². The lowest BCUT2D eigenvalue weighted by Crippen LogP contribution is -2.21. The maximum Gasteiger partial charge on any atom is 0.140 e. The van der Waals surface area contributed by atoms with Crippen molar-refractivity contribution in [3.05, 3.63) is 151 Å². The predicted molar refractivity (Wildman–Crippen MR) is 198 cm³/mol.